The van der Waals surface area contributed by atoms with Crippen molar-refractivity contribution < 1.29 is 39.5 Å². The first-order valence-corrected chi connectivity index (χ1v) is 17.6. The van der Waals surface area contributed by atoms with Crippen LogP contribution >= 0.6 is 23.2 Å². The molecule has 7 rings (SSSR count). The van der Waals surface area contributed by atoms with E-state index in [1.54, 1.807) is 48.5 Å². The highest BCUT2D eigenvalue weighted by atomic mass is 35.5. The molecule has 0 unspecified atom stereocenters. The summed E-state index contributed by atoms with van der Waals surface area (Å²) in [6.07, 6.45) is 0. The quantitative estimate of drug-likeness (QED) is 0.129. The molecule has 0 aromatic heterocycles. The molecule has 0 amide bonds. The van der Waals surface area contributed by atoms with Gasteiger partial charge in [0.05, 0.1) is 15.6 Å². The zero-order chi connectivity index (χ0) is 33.3. The van der Waals surface area contributed by atoms with Crippen LogP contribution in [0.25, 0.3) is 0 Å². The topological polar surface area (TPSA) is 122 Å². The number of carbonyl (C=O) groups is 1. The SMILES string of the molecule is Cc1ccc(S(=O)(=O)Oc2cc3c(cc2Cl)C2(OC(=O)c4ccccc42)c2cc(Cl)c(OS(=O)(=O)c4ccc(C)cc4)cc2O3)cc1. The maximum Gasteiger partial charge on any atom is 0.340 e. The van der Waals surface area contributed by atoms with Crippen LogP contribution in [0.3, 0.4) is 0 Å². The van der Waals surface area contributed by atoms with Gasteiger partial charge in [0.25, 0.3) is 0 Å². The predicted octanol–water partition coefficient (Wildman–Crippen LogP) is 7.71. The second-order valence-electron chi connectivity index (χ2n) is 11.0. The Hall–Kier alpha value is -4.55. The van der Waals surface area contributed by atoms with E-state index in [2.05, 4.69) is 0 Å². The molecular weight excluding hydrogens is 687 g/mol. The molecule has 2 aliphatic rings. The maximum atomic E-state index is 13.3. The number of benzene rings is 5. The molecule has 1 spiro atoms. The average Bonchev–Trinajstić information content (AvgIpc) is 3.32. The van der Waals surface area contributed by atoms with Crippen molar-refractivity contribution in [1.29, 1.82) is 0 Å². The summed E-state index contributed by atoms with van der Waals surface area (Å²) in [6, 6.07) is 24.2. The zero-order valence-corrected chi connectivity index (χ0v) is 27.6. The van der Waals surface area contributed by atoms with Gasteiger partial charge in [-0.05, 0) is 56.3 Å². The highest BCUT2D eigenvalue weighted by Gasteiger charge is 2.54. The molecule has 0 aliphatic carbocycles. The Balaban J connectivity index is 1.38. The normalized spacial score (nSPS) is 14.4. The van der Waals surface area contributed by atoms with E-state index in [1.165, 1.54) is 48.5 Å². The summed E-state index contributed by atoms with van der Waals surface area (Å²) in [6.45, 7) is 3.64. The molecule has 238 valence electrons. The van der Waals surface area contributed by atoms with E-state index in [-0.39, 0.29) is 59.5 Å². The first-order valence-electron chi connectivity index (χ1n) is 14.0. The lowest BCUT2D eigenvalue weighted by atomic mass is 9.77. The van der Waals surface area contributed by atoms with Crippen LogP contribution in [0.4, 0.5) is 0 Å². The monoisotopic (exact) mass is 708 g/mol. The maximum absolute atomic E-state index is 13.3. The van der Waals surface area contributed by atoms with E-state index >= 15 is 0 Å². The molecule has 2 aliphatic heterocycles. The summed E-state index contributed by atoms with van der Waals surface area (Å²) in [7, 11) is -8.63. The highest BCUT2D eigenvalue weighted by Crippen LogP contribution is 2.59. The Morgan fingerprint density at radius 3 is 1.53 bits per heavy atom. The summed E-state index contributed by atoms with van der Waals surface area (Å²) in [5, 5.41) is -0.219. The summed E-state index contributed by atoms with van der Waals surface area (Å²) >= 11 is 13.3. The van der Waals surface area contributed by atoms with Crippen LogP contribution in [0.5, 0.6) is 23.0 Å². The summed E-state index contributed by atoms with van der Waals surface area (Å²) in [5.74, 6) is -1.11. The number of esters is 1. The molecule has 0 saturated carbocycles. The van der Waals surface area contributed by atoms with E-state index < -0.39 is 31.8 Å². The fourth-order valence-electron chi connectivity index (χ4n) is 5.54. The van der Waals surface area contributed by atoms with Gasteiger partial charge in [-0.25, -0.2) is 4.79 Å². The van der Waals surface area contributed by atoms with Crippen molar-refractivity contribution in [1.82, 2.24) is 0 Å². The molecule has 13 heteroatoms. The van der Waals surface area contributed by atoms with Gasteiger partial charge in [0.15, 0.2) is 17.1 Å². The fraction of sp³-hybridized carbons (Fsp3) is 0.0882. The van der Waals surface area contributed by atoms with Crippen LogP contribution < -0.4 is 13.1 Å². The molecule has 0 bridgehead atoms. The Labute approximate surface area is 280 Å². The number of ether oxygens (including phenoxy) is 2. The summed E-state index contributed by atoms with van der Waals surface area (Å²) < 4.78 is 75.9. The minimum atomic E-state index is -4.32. The van der Waals surface area contributed by atoms with Crippen LogP contribution in [-0.4, -0.2) is 22.8 Å². The Morgan fingerprint density at radius 2 is 1.06 bits per heavy atom. The van der Waals surface area contributed by atoms with Gasteiger partial charge in [-0.15, -0.1) is 0 Å². The summed E-state index contributed by atoms with van der Waals surface area (Å²) in [5.41, 5.74) is 1.26. The van der Waals surface area contributed by atoms with Crippen LogP contribution in [0.1, 0.15) is 38.2 Å². The van der Waals surface area contributed by atoms with Gasteiger partial charge < -0.3 is 17.8 Å². The lowest BCUT2D eigenvalue weighted by Gasteiger charge is -2.37. The second-order valence-corrected chi connectivity index (χ2v) is 14.9. The van der Waals surface area contributed by atoms with Crippen molar-refractivity contribution in [3.63, 3.8) is 0 Å². The molecule has 2 heterocycles. The van der Waals surface area contributed by atoms with Crippen molar-refractivity contribution >= 4 is 49.4 Å². The molecule has 9 nitrogen and oxygen atoms in total. The van der Waals surface area contributed by atoms with Crippen LogP contribution in [0.2, 0.25) is 10.0 Å². The Bertz CT molecular complexity index is 2200. The molecular formula is C34H22Cl2O9S2. The second kappa shape index (κ2) is 11.0. The zero-order valence-electron chi connectivity index (χ0n) is 24.5. The largest absolute Gasteiger partial charge is 0.456 e. The third-order valence-corrected chi connectivity index (χ3v) is 10.9. The van der Waals surface area contributed by atoms with Crippen molar-refractivity contribution in [3.05, 3.63) is 140 Å². The number of hydrogen-bond donors (Lipinski definition) is 0. The summed E-state index contributed by atoms with van der Waals surface area (Å²) in [4.78, 5) is 13.1. The minimum Gasteiger partial charge on any atom is -0.456 e. The third kappa shape index (κ3) is 5.19. The van der Waals surface area contributed by atoms with E-state index in [0.29, 0.717) is 5.56 Å². The van der Waals surface area contributed by atoms with Crippen molar-refractivity contribution in [2.75, 3.05) is 0 Å². The molecule has 0 saturated heterocycles. The first-order chi connectivity index (χ1) is 22.3. The number of carbonyl (C=O) groups excluding carboxylic acids is 1. The van der Waals surface area contributed by atoms with E-state index in [0.717, 1.165) is 11.1 Å². The van der Waals surface area contributed by atoms with Crippen LogP contribution in [-0.2, 0) is 30.6 Å². The molecule has 0 fully saturated rings. The van der Waals surface area contributed by atoms with E-state index in [1.807, 2.05) is 13.8 Å². The van der Waals surface area contributed by atoms with Gasteiger partial charge in [-0.1, -0.05) is 76.8 Å². The Kier molecular flexibility index (Phi) is 7.28. The van der Waals surface area contributed by atoms with Gasteiger partial charge in [0.1, 0.15) is 21.3 Å². The molecule has 0 N–H and O–H groups in total. The fourth-order valence-corrected chi connectivity index (χ4v) is 7.92. The van der Waals surface area contributed by atoms with Crippen molar-refractivity contribution in [3.8, 4) is 23.0 Å². The first kappa shape index (κ1) is 31.1. The van der Waals surface area contributed by atoms with E-state index in [4.69, 9.17) is 41.0 Å². The molecule has 0 radical (unpaired) electrons. The molecule has 0 atom stereocenters. The van der Waals surface area contributed by atoms with Crippen LogP contribution in [0.15, 0.2) is 107 Å². The number of rotatable bonds is 6. The lowest BCUT2D eigenvalue weighted by molar-refractivity contribution is 0.0224. The average molecular weight is 710 g/mol. The van der Waals surface area contributed by atoms with Gasteiger partial charge in [-0.2, -0.15) is 16.8 Å². The minimum absolute atomic E-state index is 0.0233. The molecule has 5 aromatic rings. The highest BCUT2D eigenvalue weighted by molar-refractivity contribution is 7.87. The van der Waals surface area contributed by atoms with Gasteiger partial charge in [0.2, 0.25) is 0 Å². The third-order valence-electron chi connectivity index (χ3n) is 7.84. The number of hydrogen-bond acceptors (Lipinski definition) is 9. The Morgan fingerprint density at radius 1 is 0.617 bits per heavy atom. The van der Waals surface area contributed by atoms with Gasteiger partial charge in [0, 0.05) is 28.8 Å². The van der Waals surface area contributed by atoms with Gasteiger partial charge in [-0.3, -0.25) is 0 Å². The smallest absolute Gasteiger partial charge is 0.340 e. The number of fused-ring (bicyclic) bond motifs is 6. The van der Waals surface area contributed by atoms with E-state index in [9.17, 15) is 21.6 Å². The lowest BCUT2D eigenvalue weighted by Crippen LogP contribution is -2.33. The molecule has 5 aromatic carbocycles. The standard InChI is InChI=1S/C34H22Cl2O9S2/c1-19-7-11-21(12-8-19)46(38,39)44-31-17-29-25(15-27(31)35)34(24-6-4-3-5-23(24)33(37)43-34)26-16-28(36)32(18-30(26)42-29)45-47(40,41)22-13-9-20(2)10-14-22/h3-18H,1-2H3. The number of halogens is 2. The molecule has 47 heavy (non-hydrogen) atoms. The van der Waals surface area contributed by atoms with Gasteiger partial charge >= 0.3 is 26.2 Å². The van der Waals surface area contributed by atoms with Crippen molar-refractivity contribution in [2.45, 2.75) is 29.2 Å². The van der Waals surface area contributed by atoms with Crippen molar-refractivity contribution in [2.24, 2.45) is 0 Å². The predicted molar refractivity (Wildman–Crippen MR) is 173 cm³/mol. The van der Waals surface area contributed by atoms with Crippen LogP contribution in [0, 0.1) is 13.8 Å². The number of aryl methyl sites for hydroxylation is 2.